The molecule has 0 fully saturated rings. The van der Waals surface area contributed by atoms with Crippen molar-refractivity contribution in [1.82, 2.24) is 4.57 Å². The molecule has 7 heteroatoms. The minimum Gasteiger partial charge on any atom is -0.389 e. The molecule has 0 unspecified atom stereocenters. The molecule has 88 valence electrons. The highest BCUT2D eigenvalue weighted by molar-refractivity contribution is 7.80. The predicted octanol–water partition coefficient (Wildman–Crippen LogP) is 1.35. The molecule has 0 bridgehead atoms. The van der Waals surface area contributed by atoms with Gasteiger partial charge in [0.05, 0.1) is 5.56 Å². The number of halogens is 3. The van der Waals surface area contributed by atoms with Crippen LogP contribution in [0, 0.1) is 6.92 Å². The molecule has 1 rings (SSSR count). The second-order valence-electron chi connectivity index (χ2n) is 3.26. The number of hydrogen-bond acceptors (Lipinski definition) is 2. The predicted molar refractivity (Wildman–Crippen MR) is 57.4 cm³/mol. The van der Waals surface area contributed by atoms with Crippen molar-refractivity contribution in [2.45, 2.75) is 19.6 Å². The van der Waals surface area contributed by atoms with Crippen molar-refractivity contribution >= 4 is 17.2 Å². The van der Waals surface area contributed by atoms with E-state index in [1.807, 2.05) is 0 Å². The first kappa shape index (κ1) is 12.7. The Kier molecular flexibility index (Phi) is 3.37. The molecule has 1 aromatic heterocycles. The first-order valence-corrected chi connectivity index (χ1v) is 4.70. The molecular weight excluding hydrogens is 241 g/mol. The maximum Gasteiger partial charge on any atom is 0.406 e. The summed E-state index contributed by atoms with van der Waals surface area (Å²) in [5.41, 5.74) is 4.55. The first-order chi connectivity index (χ1) is 7.22. The van der Waals surface area contributed by atoms with Gasteiger partial charge in [0, 0.05) is 5.69 Å². The Morgan fingerprint density at radius 1 is 1.50 bits per heavy atom. The van der Waals surface area contributed by atoms with Crippen LogP contribution in [0.2, 0.25) is 0 Å². The fourth-order valence-corrected chi connectivity index (χ4v) is 1.39. The Labute approximate surface area is 94.7 Å². The minimum absolute atomic E-state index is 0.0788. The smallest absolute Gasteiger partial charge is 0.389 e. The average Bonchev–Trinajstić information content (AvgIpc) is 2.10. The van der Waals surface area contributed by atoms with Crippen LogP contribution in [-0.4, -0.2) is 15.7 Å². The summed E-state index contributed by atoms with van der Waals surface area (Å²) in [6, 6.07) is 2.70. The third-order valence-corrected chi connectivity index (χ3v) is 2.22. The summed E-state index contributed by atoms with van der Waals surface area (Å²) >= 11 is 4.58. The van der Waals surface area contributed by atoms with Gasteiger partial charge in [0.1, 0.15) is 11.5 Å². The Morgan fingerprint density at radius 2 is 2.06 bits per heavy atom. The lowest BCUT2D eigenvalue weighted by Crippen LogP contribution is -2.34. The molecule has 0 saturated heterocycles. The van der Waals surface area contributed by atoms with E-state index in [2.05, 4.69) is 12.2 Å². The molecule has 0 aromatic carbocycles. The van der Waals surface area contributed by atoms with Gasteiger partial charge in [-0.15, -0.1) is 0 Å². The number of thiocarbonyl (C=S) groups is 1. The minimum atomic E-state index is -4.45. The number of alkyl halides is 3. The molecule has 3 nitrogen and oxygen atoms in total. The van der Waals surface area contributed by atoms with Crippen LogP contribution >= 0.6 is 12.2 Å². The molecular formula is C9H9F3N2OS. The van der Waals surface area contributed by atoms with Crippen LogP contribution in [0.4, 0.5) is 13.2 Å². The number of rotatable bonds is 2. The zero-order chi connectivity index (χ0) is 12.5. The van der Waals surface area contributed by atoms with Crippen molar-refractivity contribution in [1.29, 1.82) is 0 Å². The van der Waals surface area contributed by atoms with E-state index < -0.39 is 18.3 Å². The lowest BCUT2D eigenvalue weighted by atomic mass is 10.2. The van der Waals surface area contributed by atoms with Gasteiger partial charge in [0.2, 0.25) is 0 Å². The maximum absolute atomic E-state index is 12.2. The monoisotopic (exact) mass is 250 g/mol. The number of pyridine rings is 1. The van der Waals surface area contributed by atoms with E-state index in [1.165, 1.54) is 19.1 Å². The fraction of sp³-hybridized carbons (Fsp3) is 0.333. The number of nitrogens with zero attached hydrogens (tertiary/aromatic N) is 1. The molecule has 1 heterocycles. The number of hydrogen-bond donors (Lipinski definition) is 1. The van der Waals surface area contributed by atoms with Crippen LogP contribution in [0.15, 0.2) is 16.9 Å². The van der Waals surface area contributed by atoms with E-state index >= 15 is 0 Å². The van der Waals surface area contributed by atoms with Gasteiger partial charge in [0.25, 0.3) is 5.56 Å². The SMILES string of the molecule is Cc1ccc(C(N)=S)c(=O)n1CC(F)(F)F. The molecule has 0 atom stereocenters. The van der Waals surface area contributed by atoms with Gasteiger partial charge in [-0.3, -0.25) is 4.79 Å². The molecule has 0 aliphatic carbocycles. The zero-order valence-electron chi connectivity index (χ0n) is 8.34. The van der Waals surface area contributed by atoms with Gasteiger partial charge in [0.15, 0.2) is 0 Å². The molecule has 0 amide bonds. The van der Waals surface area contributed by atoms with Crippen LogP contribution in [0.1, 0.15) is 11.3 Å². The summed E-state index contributed by atoms with van der Waals surface area (Å²) in [5.74, 6) is 0. The molecule has 16 heavy (non-hydrogen) atoms. The number of aryl methyl sites for hydroxylation is 1. The van der Waals surface area contributed by atoms with E-state index in [1.54, 1.807) is 0 Å². The molecule has 1 aromatic rings. The van der Waals surface area contributed by atoms with E-state index in [4.69, 9.17) is 5.73 Å². The number of aromatic nitrogens is 1. The highest BCUT2D eigenvalue weighted by atomic mass is 32.1. The van der Waals surface area contributed by atoms with Crippen molar-refractivity contribution < 1.29 is 13.2 Å². The Balaban J connectivity index is 3.33. The first-order valence-electron chi connectivity index (χ1n) is 4.29. The topological polar surface area (TPSA) is 48.0 Å². The lowest BCUT2D eigenvalue weighted by Gasteiger charge is -2.13. The molecule has 0 radical (unpaired) electrons. The third kappa shape index (κ3) is 2.82. The summed E-state index contributed by atoms with van der Waals surface area (Å²) in [5, 5.41) is 0. The molecule has 0 spiro atoms. The number of nitrogens with two attached hydrogens (primary N) is 1. The van der Waals surface area contributed by atoms with Crippen LogP contribution in [0.3, 0.4) is 0 Å². The summed E-state index contributed by atoms with van der Waals surface area (Å²) in [4.78, 5) is 11.4. The average molecular weight is 250 g/mol. The summed E-state index contributed by atoms with van der Waals surface area (Å²) in [6.45, 7) is 0.0740. The van der Waals surface area contributed by atoms with Crippen molar-refractivity contribution in [3.63, 3.8) is 0 Å². The van der Waals surface area contributed by atoms with Crippen molar-refractivity contribution in [2.24, 2.45) is 5.73 Å². The second kappa shape index (κ2) is 4.25. The van der Waals surface area contributed by atoms with E-state index in [0.717, 1.165) is 0 Å². The molecule has 0 aliphatic heterocycles. The normalized spacial score (nSPS) is 11.5. The van der Waals surface area contributed by atoms with Gasteiger partial charge in [-0.1, -0.05) is 12.2 Å². The standard InChI is InChI=1S/C9H9F3N2OS/c1-5-2-3-6(7(13)16)8(15)14(5)4-9(10,11)12/h2-3H,4H2,1H3,(H2,13,16). The van der Waals surface area contributed by atoms with Gasteiger partial charge < -0.3 is 10.3 Å². The van der Waals surface area contributed by atoms with Crippen molar-refractivity contribution in [3.05, 3.63) is 33.7 Å². The molecule has 2 N–H and O–H groups in total. The highest BCUT2D eigenvalue weighted by Gasteiger charge is 2.29. The Morgan fingerprint density at radius 3 is 2.50 bits per heavy atom. The fourth-order valence-electron chi connectivity index (χ4n) is 1.23. The summed E-state index contributed by atoms with van der Waals surface area (Å²) < 4.78 is 37.2. The van der Waals surface area contributed by atoms with Crippen LogP contribution in [0.25, 0.3) is 0 Å². The van der Waals surface area contributed by atoms with Crippen LogP contribution < -0.4 is 11.3 Å². The van der Waals surface area contributed by atoms with Gasteiger partial charge in [-0.05, 0) is 19.1 Å². The molecule has 0 saturated carbocycles. The molecule has 0 aliphatic rings. The van der Waals surface area contributed by atoms with E-state index in [-0.39, 0.29) is 16.2 Å². The van der Waals surface area contributed by atoms with Gasteiger partial charge >= 0.3 is 6.18 Å². The lowest BCUT2D eigenvalue weighted by molar-refractivity contribution is -0.141. The van der Waals surface area contributed by atoms with Crippen molar-refractivity contribution in [2.75, 3.05) is 0 Å². The third-order valence-electron chi connectivity index (χ3n) is 2.00. The largest absolute Gasteiger partial charge is 0.406 e. The van der Waals surface area contributed by atoms with E-state index in [9.17, 15) is 18.0 Å². The van der Waals surface area contributed by atoms with Crippen LogP contribution in [-0.2, 0) is 6.54 Å². The van der Waals surface area contributed by atoms with E-state index in [0.29, 0.717) is 4.57 Å². The van der Waals surface area contributed by atoms with Gasteiger partial charge in [-0.25, -0.2) is 0 Å². The second-order valence-corrected chi connectivity index (χ2v) is 3.70. The van der Waals surface area contributed by atoms with Crippen molar-refractivity contribution in [3.8, 4) is 0 Å². The van der Waals surface area contributed by atoms with Gasteiger partial charge in [-0.2, -0.15) is 13.2 Å². The zero-order valence-corrected chi connectivity index (χ0v) is 9.15. The summed E-state index contributed by atoms with van der Waals surface area (Å²) in [7, 11) is 0. The highest BCUT2D eigenvalue weighted by Crippen LogP contribution is 2.17. The Bertz CT molecular complexity index is 479. The van der Waals surface area contributed by atoms with Crippen LogP contribution in [0.5, 0.6) is 0 Å². The quantitative estimate of drug-likeness (QED) is 0.806. The Hall–Kier alpha value is -1.37. The summed E-state index contributed by atoms with van der Waals surface area (Å²) in [6.07, 6.45) is -4.45. The maximum atomic E-state index is 12.2.